The molecule has 0 aliphatic rings. The first kappa shape index (κ1) is 19.6. The van der Waals surface area contributed by atoms with E-state index in [-0.39, 0.29) is 19.0 Å². The van der Waals surface area contributed by atoms with Crippen LogP contribution >= 0.6 is 0 Å². The van der Waals surface area contributed by atoms with Crippen molar-refractivity contribution in [1.82, 2.24) is 5.32 Å². The van der Waals surface area contributed by atoms with Crippen LogP contribution in [-0.4, -0.2) is 37.4 Å². The standard InChI is InChI=1S/C19H25NO6/c1-5-23-17(21)10-13-12-25-16-7-6-14(11-15(13)16)24-9-8-20-18(22)26-19(2,3)4/h6-7,11-12H,5,8-10H2,1-4H3,(H,20,22). The topological polar surface area (TPSA) is 87.0 Å². The number of nitrogens with one attached hydrogen (secondary N) is 1. The third kappa shape index (κ3) is 5.98. The number of ether oxygens (including phenoxy) is 3. The molecule has 1 aromatic carbocycles. The van der Waals surface area contributed by atoms with Gasteiger partial charge in [0.15, 0.2) is 0 Å². The number of carbonyl (C=O) groups excluding carboxylic acids is 2. The van der Waals surface area contributed by atoms with Crippen LogP contribution in [0.4, 0.5) is 4.79 Å². The van der Waals surface area contributed by atoms with Gasteiger partial charge in [0.25, 0.3) is 0 Å². The Labute approximate surface area is 152 Å². The first-order chi connectivity index (χ1) is 12.3. The second-order valence-corrected chi connectivity index (χ2v) is 6.68. The number of benzene rings is 1. The summed E-state index contributed by atoms with van der Waals surface area (Å²) >= 11 is 0. The smallest absolute Gasteiger partial charge is 0.407 e. The highest BCUT2D eigenvalue weighted by Crippen LogP contribution is 2.26. The van der Waals surface area contributed by atoms with Gasteiger partial charge in [-0.3, -0.25) is 4.79 Å². The highest BCUT2D eigenvalue weighted by Gasteiger charge is 2.15. The summed E-state index contributed by atoms with van der Waals surface area (Å²) in [5.74, 6) is 0.318. The molecule has 2 aromatic rings. The molecule has 0 radical (unpaired) electrons. The number of alkyl carbamates (subject to hydrolysis) is 1. The summed E-state index contributed by atoms with van der Waals surface area (Å²) in [7, 11) is 0. The zero-order valence-corrected chi connectivity index (χ0v) is 15.6. The van der Waals surface area contributed by atoms with Crippen molar-refractivity contribution in [2.75, 3.05) is 19.8 Å². The van der Waals surface area contributed by atoms with Gasteiger partial charge in [-0.05, 0) is 45.9 Å². The first-order valence-corrected chi connectivity index (χ1v) is 8.54. The third-order valence-corrected chi connectivity index (χ3v) is 3.30. The summed E-state index contributed by atoms with van der Waals surface area (Å²) in [4.78, 5) is 23.2. The second-order valence-electron chi connectivity index (χ2n) is 6.68. The van der Waals surface area contributed by atoms with E-state index >= 15 is 0 Å². The third-order valence-electron chi connectivity index (χ3n) is 3.30. The molecule has 1 amide bonds. The van der Waals surface area contributed by atoms with E-state index < -0.39 is 11.7 Å². The Hall–Kier alpha value is -2.70. The van der Waals surface area contributed by atoms with E-state index in [1.165, 1.54) is 0 Å². The van der Waals surface area contributed by atoms with Gasteiger partial charge >= 0.3 is 12.1 Å². The maximum absolute atomic E-state index is 11.7. The molecule has 0 bridgehead atoms. The van der Waals surface area contributed by atoms with Gasteiger partial charge in [-0.25, -0.2) is 4.79 Å². The summed E-state index contributed by atoms with van der Waals surface area (Å²) < 4.78 is 21.2. The van der Waals surface area contributed by atoms with Crippen LogP contribution in [0.15, 0.2) is 28.9 Å². The van der Waals surface area contributed by atoms with Gasteiger partial charge in [0, 0.05) is 10.9 Å². The zero-order chi connectivity index (χ0) is 19.2. The lowest BCUT2D eigenvalue weighted by Crippen LogP contribution is -2.34. The molecule has 0 fully saturated rings. The molecule has 2 rings (SSSR count). The van der Waals surface area contributed by atoms with Crippen LogP contribution in [0.2, 0.25) is 0 Å². The van der Waals surface area contributed by atoms with E-state index in [0.29, 0.717) is 24.5 Å². The van der Waals surface area contributed by atoms with Crippen LogP contribution in [0.3, 0.4) is 0 Å². The molecule has 0 aliphatic heterocycles. The summed E-state index contributed by atoms with van der Waals surface area (Å²) in [6.45, 7) is 8.12. The molecular weight excluding hydrogens is 338 g/mol. The van der Waals surface area contributed by atoms with Crippen molar-refractivity contribution < 1.29 is 28.2 Å². The van der Waals surface area contributed by atoms with Crippen LogP contribution < -0.4 is 10.1 Å². The van der Waals surface area contributed by atoms with Crippen molar-refractivity contribution in [2.45, 2.75) is 39.7 Å². The van der Waals surface area contributed by atoms with Crippen LogP contribution in [0.25, 0.3) is 11.0 Å². The second kappa shape index (κ2) is 8.60. The number of furan rings is 1. The first-order valence-electron chi connectivity index (χ1n) is 8.54. The van der Waals surface area contributed by atoms with Gasteiger partial charge in [0.05, 0.1) is 25.8 Å². The van der Waals surface area contributed by atoms with Gasteiger partial charge in [-0.2, -0.15) is 0 Å². The van der Waals surface area contributed by atoms with Crippen molar-refractivity contribution in [2.24, 2.45) is 0 Å². The molecule has 0 spiro atoms. The number of hydrogen-bond acceptors (Lipinski definition) is 6. The molecule has 0 unspecified atom stereocenters. The average molecular weight is 363 g/mol. The SMILES string of the molecule is CCOC(=O)Cc1coc2ccc(OCCNC(=O)OC(C)(C)C)cc12. The van der Waals surface area contributed by atoms with E-state index in [4.69, 9.17) is 18.6 Å². The summed E-state index contributed by atoms with van der Waals surface area (Å²) in [5, 5.41) is 3.43. The van der Waals surface area contributed by atoms with Gasteiger partial charge in [-0.15, -0.1) is 0 Å². The average Bonchev–Trinajstić information content (AvgIpc) is 2.92. The molecule has 26 heavy (non-hydrogen) atoms. The number of carbonyl (C=O) groups is 2. The Bertz CT molecular complexity index is 759. The van der Waals surface area contributed by atoms with Crippen molar-refractivity contribution in [3.63, 3.8) is 0 Å². The maximum atomic E-state index is 11.7. The summed E-state index contributed by atoms with van der Waals surface area (Å²) in [6.07, 6.45) is 1.21. The van der Waals surface area contributed by atoms with E-state index in [1.807, 2.05) is 0 Å². The van der Waals surface area contributed by atoms with Crippen LogP contribution in [0, 0.1) is 0 Å². The highest BCUT2D eigenvalue weighted by molar-refractivity contribution is 5.86. The minimum absolute atomic E-state index is 0.143. The van der Waals surface area contributed by atoms with Gasteiger partial charge in [0.2, 0.25) is 0 Å². The predicted octanol–water partition coefficient (Wildman–Crippen LogP) is 3.44. The molecular formula is C19H25NO6. The lowest BCUT2D eigenvalue weighted by Gasteiger charge is -2.19. The number of amides is 1. The normalized spacial score (nSPS) is 11.2. The molecule has 7 nitrogen and oxygen atoms in total. The highest BCUT2D eigenvalue weighted by atomic mass is 16.6. The number of esters is 1. The predicted molar refractivity (Wildman–Crippen MR) is 96.3 cm³/mol. The fraction of sp³-hybridized carbons (Fsp3) is 0.474. The molecule has 1 heterocycles. The van der Waals surface area contributed by atoms with E-state index in [2.05, 4.69) is 5.32 Å². The lowest BCUT2D eigenvalue weighted by atomic mass is 10.1. The molecule has 0 saturated heterocycles. The van der Waals surface area contributed by atoms with Gasteiger partial charge < -0.3 is 23.9 Å². The number of rotatable bonds is 7. The summed E-state index contributed by atoms with van der Waals surface area (Å²) in [5.41, 5.74) is 0.881. The van der Waals surface area contributed by atoms with Gasteiger partial charge in [-0.1, -0.05) is 0 Å². The Balaban J connectivity index is 1.90. The zero-order valence-electron chi connectivity index (χ0n) is 15.6. The van der Waals surface area contributed by atoms with E-state index in [1.54, 1.807) is 52.2 Å². The van der Waals surface area contributed by atoms with E-state index in [0.717, 1.165) is 10.9 Å². The van der Waals surface area contributed by atoms with Crippen LogP contribution in [0.5, 0.6) is 5.75 Å². The monoisotopic (exact) mass is 363 g/mol. The fourth-order valence-electron chi connectivity index (χ4n) is 2.29. The quantitative estimate of drug-likeness (QED) is 0.599. The van der Waals surface area contributed by atoms with Gasteiger partial charge in [0.1, 0.15) is 23.5 Å². The number of fused-ring (bicyclic) bond motifs is 1. The van der Waals surface area contributed by atoms with Crippen molar-refractivity contribution in [3.05, 3.63) is 30.0 Å². The molecule has 7 heteroatoms. The van der Waals surface area contributed by atoms with Crippen molar-refractivity contribution in [1.29, 1.82) is 0 Å². The Morgan fingerprint density at radius 1 is 1.23 bits per heavy atom. The molecule has 0 atom stereocenters. The molecule has 0 saturated carbocycles. The molecule has 0 aliphatic carbocycles. The Kier molecular flexibility index (Phi) is 6.49. The molecule has 142 valence electrons. The number of hydrogen-bond donors (Lipinski definition) is 1. The lowest BCUT2D eigenvalue weighted by molar-refractivity contribution is -0.142. The minimum atomic E-state index is -0.535. The largest absolute Gasteiger partial charge is 0.492 e. The van der Waals surface area contributed by atoms with E-state index in [9.17, 15) is 9.59 Å². The minimum Gasteiger partial charge on any atom is -0.492 e. The Morgan fingerprint density at radius 3 is 2.69 bits per heavy atom. The maximum Gasteiger partial charge on any atom is 0.407 e. The summed E-state index contributed by atoms with van der Waals surface area (Å²) in [6, 6.07) is 5.36. The molecule has 1 N–H and O–H groups in total. The Morgan fingerprint density at radius 2 is 2.00 bits per heavy atom. The van der Waals surface area contributed by atoms with Crippen molar-refractivity contribution >= 4 is 23.0 Å². The molecule has 1 aromatic heterocycles. The van der Waals surface area contributed by atoms with Crippen molar-refractivity contribution in [3.8, 4) is 5.75 Å². The fourth-order valence-corrected chi connectivity index (χ4v) is 2.29. The van der Waals surface area contributed by atoms with Crippen LogP contribution in [-0.2, 0) is 20.7 Å². The van der Waals surface area contributed by atoms with Crippen LogP contribution in [0.1, 0.15) is 33.3 Å².